The first kappa shape index (κ1) is 31.7. The number of benzene rings is 2. The molecule has 9 nitrogen and oxygen atoms in total. The third-order valence-electron chi connectivity index (χ3n) is 5.81. The zero-order valence-electron chi connectivity index (χ0n) is 22.2. The molecule has 1 amide bonds. The van der Waals surface area contributed by atoms with Crippen molar-refractivity contribution in [3.63, 3.8) is 0 Å². The van der Waals surface area contributed by atoms with E-state index < -0.39 is 33.5 Å². The van der Waals surface area contributed by atoms with Crippen LogP contribution in [0, 0.1) is 11.5 Å². The fourth-order valence-electron chi connectivity index (χ4n) is 4.01. The zero-order chi connectivity index (χ0) is 29.9. The smallest absolute Gasteiger partial charge is 0.417 e. The van der Waals surface area contributed by atoms with Gasteiger partial charge in [-0.15, -0.1) is 11.8 Å². The average molecular weight is 620 g/mol. The lowest BCUT2D eigenvalue weighted by Gasteiger charge is -2.35. The Balaban J connectivity index is 1.87. The largest absolute Gasteiger partial charge is 0.444 e. The highest BCUT2D eigenvalue weighted by Crippen LogP contribution is 2.43. The molecule has 1 aliphatic rings. The lowest BCUT2D eigenvalue weighted by molar-refractivity contribution is -0.137. The molecule has 1 saturated heterocycles. The number of hydrogen-bond acceptors (Lipinski definition) is 8. The van der Waals surface area contributed by atoms with Crippen molar-refractivity contribution in [2.24, 2.45) is 0 Å². The highest BCUT2D eigenvalue weighted by Gasteiger charge is 2.36. The number of hydrazine groups is 1. The van der Waals surface area contributed by atoms with Gasteiger partial charge in [-0.3, -0.25) is 5.01 Å². The Hall–Kier alpha value is -2.86. The molecule has 2 aromatic carbocycles. The van der Waals surface area contributed by atoms with Crippen molar-refractivity contribution in [3.05, 3.63) is 47.0 Å². The van der Waals surface area contributed by atoms with E-state index in [1.54, 1.807) is 33.2 Å². The Morgan fingerprint density at radius 2 is 1.75 bits per heavy atom. The molecule has 0 atom stereocenters. The average Bonchev–Trinajstić information content (AvgIpc) is 2.87. The molecule has 1 heterocycles. The maximum Gasteiger partial charge on any atom is 0.417 e. The van der Waals surface area contributed by atoms with Crippen LogP contribution in [0.1, 0.15) is 26.3 Å². The van der Waals surface area contributed by atoms with Gasteiger partial charge < -0.3 is 9.64 Å². The van der Waals surface area contributed by atoms with Gasteiger partial charge >= 0.3 is 12.3 Å². The van der Waals surface area contributed by atoms with Crippen LogP contribution in [0.5, 0.6) is 0 Å². The van der Waals surface area contributed by atoms with Crippen LogP contribution in [-0.4, -0.2) is 67.6 Å². The van der Waals surface area contributed by atoms with Gasteiger partial charge in [0.2, 0.25) is 10.0 Å². The quantitative estimate of drug-likeness (QED) is 0.191. The first-order valence-corrected chi connectivity index (χ1v) is 15.2. The van der Waals surface area contributed by atoms with Gasteiger partial charge in [-0.25, -0.2) is 18.6 Å². The van der Waals surface area contributed by atoms with Crippen molar-refractivity contribution in [1.29, 1.82) is 5.26 Å². The van der Waals surface area contributed by atoms with Crippen LogP contribution in [0.3, 0.4) is 0 Å². The second kappa shape index (κ2) is 12.3. The van der Waals surface area contributed by atoms with Crippen LogP contribution in [-0.2, 0) is 20.9 Å². The van der Waals surface area contributed by atoms with E-state index in [1.807, 2.05) is 0 Å². The molecule has 0 bridgehead atoms. The Morgan fingerprint density at radius 1 is 1.15 bits per heavy atom. The summed E-state index contributed by atoms with van der Waals surface area (Å²) in [5.74, 6) is 0.180. The highest BCUT2D eigenvalue weighted by atomic mass is 35.5. The van der Waals surface area contributed by atoms with Crippen LogP contribution in [0.4, 0.5) is 23.7 Å². The molecule has 1 N–H and O–H groups in total. The summed E-state index contributed by atoms with van der Waals surface area (Å²) in [7, 11) is -3.97. The molecule has 0 radical (unpaired) electrons. The molecular formula is C25H29ClF3N5O4S2. The molecule has 40 heavy (non-hydrogen) atoms. The number of hydrogen-bond donors (Lipinski definition) is 1. The third kappa shape index (κ3) is 7.45. The number of nitrogens with zero attached hydrogens (tertiary/aromatic N) is 4. The molecule has 0 unspecified atom stereocenters. The maximum atomic E-state index is 14.1. The van der Waals surface area contributed by atoms with Crippen molar-refractivity contribution in [3.8, 4) is 17.3 Å². The number of nitriles is 1. The number of thioether (sulfide) groups is 1. The minimum Gasteiger partial charge on any atom is -0.444 e. The number of alkyl halides is 3. The summed E-state index contributed by atoms with van der Waals surface area (Å²) in [6.45, 7) is 5.56. The normalized spacial score (nSPS) is 14.9. The number of nitrogens with one attached hydrogen (secondary N) is 1. The fourth-order valence-corrected chi connectivity index (χ4v) is 6.22. The molecule has 2 aromatic rings. The number of halogens is 4. The van der Waals surface area contributed by atoms with Gasteiger partial charge in [-0.2, -0.15) is 22.7 Å². The fraction of sp³-hybridized carbons (Fsp3) is 0.440. The van der Waals surface area contributed by atoms with Crippen molar-refractivity contribution in [2.75, 3.05) is 43.3 Å². The lowest BCUT2D eigenvalue weighted by Crippen LogP contribution is -2.51. The summed E-state index contributed by atoms with van der Waals surface area (Å²) in [5.41, 5.74) is 0.420. The van der Waals surface area contributed by atoms with E-state index in [1.165, 1.54) is 56.3 Å². The molecule has 3 rings (SSSR count). The third-order valence-corrected chi connectivity index (χ3v) is 8.53. The molecule has 0 aromatic heterocycles. The molecule has 0 spiro atoms. The van der Waals surface area contributed by atoms with Crippen LogP contribution in [0.2, 0.25) is 5.02 Å². The zero-order valence-corrected chi connectivity index (χ0v) is 24.6. The number of rotatable bonds is 7. The van der Waals surface area contributed by atoms with Crippen LogP contribution < -0.4 is 10.4 Å². The van der Waals surface area contributed by atoms with Crippen molar-refractivity contribution in [1.82, 2.24) is 14.6 Å². The van der Waals surface area contributed by atoms with Gasteiger partial charge in [0.15, 0.2) is 6.19 Å². The predicted molar refractivity (Wildman–Crippen MR) is 148 cm³/mol. The summed E-state index contributed by atoms with van der Waals surface area (Å²) in [5, 5.41) is 9.99. The number of piperazine rings is 1. The minimum absolute atomic E-state index is 0.0398. The minimum atomic E-state index is -4.79. The number of carbonyl (C=O) groups is 1. The van der Waals surface area contributed by atoms with E-state index in [9.17, 15) is 26.4 Å². The van der Waals surface area contributed by atoms with Gasteiger partial charge in [0.05, 0.1) is 27.0 Å². The monoisotopic (exact) mass is 619 g/mol. The number of carbonyl (C=O) groups excluding carboxylic acids is 1. The molecule has 0 saturated carbocycles. The van der Waals surface area contributed by atoms with E-state index in [2.05, 4.69) is 5.43 Å². The van der Waals surface area contributed by atoms with E-state index in [0.29, 0.717) is 0 Å². The molecule has 0 aliphatic carbocycles. The van der Waals surface area contributed by atoms with Gasteiger partial charge in [0.1, 0.15) is 5.60 Å². The van der Waals surface area contributed by atoms with Crippen LogP contribution >= 0.6 is 23.4 Å². The molecule has 1 fully saturated rings. The summed E-state index contributed by atoms with van der Waals surface area (Å²) in [6, 6.07) is 7.19. The SMILES string of the molecule is CSCN(NC#N)c1cc(Cl)c(-c2ccc(S(=O)(=O)N3CCN(C(=O)OC(C)(C)C)CC3)cc2)c(C(F)(F)F)c1. The molecular weight excluding hydrogens is 591 g/mol. The predicted octanol–water partition coefficient (Wildman–Crippen LogP) is 5.38. The number of anilines is 1. The first-order valence-electron chi connectivity index (χ1n) is 12.0. The first-order chi connectivity index (χ1) is 18.6. The number of ether oxygens (including phenoxy) is 1. The highest BCUT2D eigenvalue weighted by molar-refractivity contribution is 7.98. The Labute approximate surface area is 240 Å². The second-order valence-electron chi connectivity index (χ2n) is 9.81. The summed E-state index contributed by atoms with van der Waals surface area (Å²) < 4.78 is 75.3. The number of amides is 1. The molecule has 15 heteroatoms. The molecule has 1 aliphatic heterocycles. The van der Waals surface area contributed by atoms with Crippen LogP contribution in [0.25, 0.3) is 11.1 Å². The van der Waals surface area contributed by atoms with Gasteiger partial charge in [0.25, 0.3) is 0 Å². The Morgan fingerprint density at radius 3 is 2.25 bits per heavy atom. The van der Waals surface area contributed by atoms with E-state index >= 15 is 0 Å². The topological polar surface area (TPSA) is 106 Å². The van der Waals surface area contributed by atoms with Crippen molar-refractivity contribution < 1.29 is 31.1 Å². The second-order valence-corrected chi connectivity index (χ2v) is 13.0. The van der Waals surface area contributed by atoms with E-state index in [-0.39, 0.29) is 58.8 Å². The summed E-state index contributed by atoms with van der Waals surface area (Å²) in [6.07, 6.45) is -1.90. The van der Waals surface area contributed by atoms with Crippen LogP contribution in [0.15, 0.2) is 41.3 Å². The summed E-state index contributed by atoms with van der Waals surface area (Å²) >= 11 is 7.62. The summed E-state index contributed by atoms with van der Waals surface area (Å²) in [4.78, 5) is 13.6. The van der Waals surface area contributed by atoms with Crippen molar-refractivity contribution >= 4 is 45.2 Å². The van der Waals surface area contributed by atoms with Gasteiger partial charge in [-0.05, 0) is 56.9 Å². The lowest BCUT2D eigenvalue weighted by atomic mass is 9.98. The van der Waals surface area contributed by atoms with E-state index in [0.717, 1.165) is 6.07 Å². The maximum absolute atomic E-state index is 14.1. The Bertz CT molecular complexity index is 1370. The number of sulfonamides is 1. The Kier molecular flexibility index (Phi) is 9.77. The molecule has 218 valence electrons. The van der Waals surface area contributed by atoms with E-state index in [4.69, 9.17) is 21.6 Å². The van der Waals surface area contributed by atoms with Crippen molar-refractivity contribution in [2.45, 2.75) is 37.4 Å². The van der Waals surface area contributed by atoms with Gasteiger partial charge in [-0.1, -0.05) is 23.7 Å². The van der Waals surface area contributed by atoms with Gasteiger partial charge in [0, 0.05) is 31.7 Å². The standard InChI is InChI=1S/C25H29ClF3N5O4S2/c1-24(2,3)38-23(35)32-9-11-33(12-10-32)40(36,37)19-7-5-17(6-8-19)22-20(25(27,28)29)13-18(14-21(22)26)34(16-39-4)31-15-30/h5-8,13-14,31H,9-12,16H2,1-4H3.